The number of benzene rings is 1. The molecule has 1 aromatic carbocycles. The van der Waals surface area contributed by atoms with E-state index in [1.54, 1.807) is 36.9 Å². The normalized spacial score (nSPS) is 10.4. The van der Waals surface area contributed by atoms with Crippen molar-refractivity contribution in [2.75, 3.05) is 20.8 Å². The molecule has 1 aromatic heterocycles. The van der Waals surface area contributed by atoms with Crippen LogP contribution in [0.15, 0.2) is 24.4 Å². The Balaban J connectivity index is 2.33. The van der Waals surface area contributed by atoms with Gasteiger partial charge in [0.05, 0.1) is 26.0 Å². The van der Waals surface area contributed by atoms with Crippen LogP contribution in [0.5, 0.6) is 11.5 Å². The van der Waals surface area contributed by atoms with Crippen molar-refractivity contribution in [2.24, 2.45) is 7.05 Å². The minimum atomic E-state index is -1.09. The molecule has 0 aliphatic rings. The molecule has 0 saturated heterocycles. The first-order valence-corrected chi connectivity index (χ1v) is 7.57. The van der Waals surface area contributed by atoms with Gasteiger partial charge in [0, 0.05) is 25.4 Å². The first-order valence-electron chi connectivity index (χ1n) is 7.57. The molecule has 0 saturated carbocycles. The Hall–Kier alpha value is -3.03. The van der Waals surface area contributed by atoms with Crippen LogP contribution < -0.4 is 9.47 Å². The average Bonchev–Trinajstić information content (AvgIpc) is 2.92. The number of amides is 1. The molecule has 0 aliphatic carbocycles. The summed E-state index contributed by atoms with van der Waals surface area (Å²) in [5.41, 5.74) is 1.74. The molecule has 1 heterocycles. The van der Waals surface area contributed by atoms with Gasteiger partial charge in [0.15, 0.2) is 0 Å². The Kier molecular flexibility index (Phi) is 5.63. The molecule has 0 aliphatic heterocycles. The van der Waals surface area contributed by atoms with Crippen molar-refractivity contribution in [3.63, 3.8) is 0 Å². The number of carbonyl (C=O) groups excluding carboxylic acids is 1. The number of hydrogen-bond acceptors (Lipinski definition) is 5. The number of aliphatic carboxylic acids is 1. The fourth-order valence-corrected chi connectivity index (χ4v) is 2.42. The smallest absolute Gasteiger partial charge is 0.323 e. The van der Waals surface area contributed by atoms with E-state index in [4.69, 9.17) is 14.6 Å². The van der Waals surface area contributed by atoms with Crippen LogP contribution in [0.1, 0.15) is 21.6 Å². The topological polar surface area (TPSA) is 93.9 Å². The third-order valence-electron chi connectivity index (χ3n) is 3.86. The zero-order valence-electron chi connectivity index (χ0n) is 14.6. The number of carboxylic acids is 1. The van der Waals surface area contributed by atoms with Crippen LogP contribution in [0.2, 0.25) is 0 Å². The Morgan fingerprint density at radius 2 is 1.80 bits per heavy atom. The predicted molar refractivity (Wildman–Crippen MR) is 89.9 cm³/mol. The standard InChI is InChI=1S/C17H21N3O5/c1-11-15(8-18-19(11)2)17(23)20(10-16(21)22)9-12-5-13(24-3)7-14(6-12)25-4/h5-8H,9-10H2,1-4H3,(H,21,22). The second-order valence-electron chi connectivity index (χ2n) is 5.54. The van der Waals surface area contributed by atoms with Crippen LogP contribution in [0, 0.1) is 6.92 Å². The Bertz CT molecular complexity index is 762. The monoisotopic (exact) mass is 347 g/mol. The summed E-state index contributed by atoms with van der Waals surface area (Å²) in [7, 11) is 4.77. The molecule has 1 amide bonds. The third kappa shape index (κ3) is 4.28. The Morgan fingerprint density at radius 1 is 1.20 bits per heavy atom. The number of nitrogens with zero attached hydrogens (tertiary/aromatic N) is 3. The summed E-state index contributed by atoms with van der Waals surface area (Å²) in [5.74, 6) is -0.358. The van der Waals surface area contributed by atoms with Gasteiger partial charge >= 0.3 is 5.97 Å². The zero-order valence-corrected chi connectivity index (χ0v) is 14.6. The number of rotatable bonds is 7. The quantitative estimate of drug-likeness (QED) is 0.815. The van der Waals surface area contributed by atoms with E-state index < -0.39 is 18.4 Å². The van der Waals surface area contributed by atoms with E-state index in [1.807, 2.05) is 0 Å². The molecule has 25 heavy (non-hydrogen) atoms. The maximum Gasteiger partial charge on any atom is 0.323 e. The van der Waals surface area contributed by atoms with Gasteiger partial charge < -0.3 is 19.5 Å². The summed E-state index contributed by atoms with van der Waals surface area (Å²) >= 11 is 0. The van der Waals surface area contributed by atoms with Crippen molar-refractivity contribution in [3.05, 3.63) is 41.2 Å². The van der Waals surface area contributed by atoms with Crippen LogP contribution in [0.4, 0.5) is 0 Å². The molecular formula is C17H21N3O5. The van der Waals surface area contributed by atoms with E-state index in [-0.39, 0.29) is 6.54 Å². The van der Waals surface area contributed by atoms with Gasteiger partial charge in [0.25, 0.3) is 5.91 Å². The highest BCUT2D eigenvalue weighted by atomic mass is 16.5. The van der Waals surface area contributed by atoms with E-state index in [0.29, 0.717) is 28.3 Å². The summed E-state index contributed by atoms with van der Waals surface area (Å²) in [6.45, 7) is 1.44. The largest absolute Gasteiger partial charge is 0.497 e. The number of carbonyl (C=O) groups is 2. The third-order valence-corrected chi connectivity index (χ3v) is 3.86. The lowest BCUT2D eigenvalue weighted by Gasteiger charge is -2.21. The predicted octanol–water partition coefficient (Wildman–Crippen LogP) is 1.47. The number of carboxylic acid groups (broad SMARTS) is 1. The molecular weight excluding hydrogens is 326 g/mol. The van der Waals surface area contributed by atoms with Crippen molar-refractivity contribution in [1.82, 2.24) is 14.7 Å². The minimum Gasteiger partial charge on any atom is -0.497 e. The molecule has 1 N–H and O–H groups in total. The van der Waals surface area contributed by atoms with E-state index in [0.717, 1.165) is 0 Å². The minimum absolute atomic E-state index is 0.104. The fourth-order valence-electron chi connectivity index (χ4n) is 2.42. The van der Waals surface area contributed by atoms with Crippen molar-refractivity contribution >= 4 is 11.9 Å². The average molecular weight is 347 g/mol. The van der Waals surface area contributed by atoms with Crippen molar-refractivity contribution in [3.8, 4) is 11.5 Å². The molecule has 0 bridgehead atoms. The Labute approximate surface area is 145 Å². The van der Waals surface area contributed by atoms with Gasteiger partial charge in [-0.1, -0.05) is 0 Å². The van der Waals surface area contributed by atoms with Crippen molar-refractivity contribution in [2.45, 2.75) is 13.5 Å². The highest BCUT2D eigenvalue weighted by molar-refractivity contribution is 5.96. The fraction of sp³-hybridized carbons (Fsp3) is 0.353. The lowest BCUT2D eigenvalue weighted by Crippen LogP contribution is -2.35. The van der Waals surface area contributed by atoms with Crippen LogP contribution in [0.25, 0.3) is 0 Å². The summed E-state index contributed by atoms with van der Waals surface area (Å²) in [5, 5.41) is 13.2. The van der Waals surface area contributed by atoms with Gasteiger partial charge in [-0.15, -0.1) is 0 Å². The number of hydrogen-bond donors (Lipinski definition) is 1. The summed E-state index contributed by atoms with van der Waals surface area (Å²) in [4.78, 5) is 25.2. The molecule has 0 atom stereocenters. The van der Waals surface area contributed by atoms with Crippen LogP contribution in [-0.2, 0) is 18.4 Å². The molecule has 134 valence electrons. The molecule has 8 heteroatoms. The molecule has 2 rings (SSSR count). The molecule has 0 fully saturated rings. The first-order chi connectivity index (χ1) is 11.8. The number of aryl methyl sites for hydroxylation is 1. The molecule has 0 unspecified atom stereocenters. The van der Waals surface area contributed by atoms with Crippen LogP contribution >= 0.6 is 0 Å². The lowest BCUT2D eigenvalue weighted by atomic mass is 10.1. The second-order valence-corrected chi connectivity index (χ2v) is 5.54. The first kappa shape index (κ1) is 18.3. The SMILES string of the molecule is COc1cc(CN(CC(=O)O)C(=O)c2cnn(C)c2C)cc(OC)c1. The zero-order chi connectivity index (χ0) is 18.6. The van der Waals surface area contributed by atoms with E-state index in [2.05, 4.69) is 5.10 Å². The van der Waals surface area contributed by atoms with Gasteiger partial charge in [0.1, 0.15) is 18.0 Å². The number of ether oxygens (including phenoxy) is 2. The van der Waals surface area contributed by atoms with Gasteiger partial charge in [-0.25, -0.2) is 0 Å². The maximum absolute atomic E-state index is 12.8. The second kappa shape index (κ2) is 7.69. The Morgan fingerprint density at radius 3 is 2.24 bits per heavy atom. The van der Waals surface area contributed by atoms with Crippen molar-refractivity contribution in [1.29, 1.82) is 0 Å². The van der Waals surface area contributed by atoms with Gasteiger partial charge in [-0.05, 0) is 24.6 Å². The number of methoxy groups -OCH3 is 2. The lowest BCUT2D eigenvalue weighted by molar-refractivity contribution is -0.137. The summed E-state index contributed by atoms with van der Waals surface area (Å²) in [6.07, 6.45) is 1.44. The van der Waals surface area contributed by atoms with E-state index in [9.17, 15) is 9.59 Å². The molecule has 0 radical (unpaired) electrons. The molecule has 0 spiro atoms. The van der Waals surface area contributed by atoms with Gasteiger partial charge in [-0.3, -0.25) is 14.3 Å². The number of aromatic nitrogens is 2. The van der Waals surface area contributed by atoms with Crippen LogP contribution in [0.3, 0.4) is 0 Å². The summed E-state index contributed by atoms with van der Waals surface area (Å²) in [6, 6.07) is 5.18. The summed E-state index contributed by atoms with van der Waals surface area (Å²) < 4.78 is 12.0. The van der Waals surface area contributed by atoms with Crippen LogP contribution in [-0.4, -0.2) is 52.4 Å². The van der Waals surface area contributed by atoms with Gasteiger partial charge in [-0.2, -0.15) is 5.10 Å². The molecule has 2 aromatic rings. The van der Waals surface area contributed by atoms with Crippen molar-refractivity contribution < 1.29 is 24.2 Å². The van der Waals surface area contributed by atoms with E-state index >= 15 is 0 Å². The highest BCUT2D eigenvalue weighted by Crippen LogP contribution is 2.24. The highest BCUT2D eigenvalue weighted by Gasteiger charge is 2.23. The maximum atomic E-state index is 12.8. The molecule has 8 nitrogen and oxygen atoms in total. The van der Waals surface area contributed by atoms with Gasteiger partial charge in [0.2, 0.25) is 0 Å². The van der Waals surface area contributed by atoms with E-state index in [1.165, 1.54) is 25.3 Å².